The SMILES string of the molecule is CCOC(=O)c1coc(-c2ccccc2-c2ccco2)n1. The second kappa shape index (κ2) is 5.66. The number of oxazole rings is 1. The van der Waals surface area contributed by atoms with Gasteiger partial charge < -0.3 is 13.6 Å². The molecule has 0 aliphatic carbocycles. The van der Waals surface area contributed by atoms with E-state index in [9.17, 15) is 4.79 Å². The van der Waals surface area contributed by atoms with Crippen molar-refractivity contribution in [3.8, 4) is 22.8 Å². The molecule has 0 aliphatic heterocycles. The van der Waals surface area contributed by atoms with Gasteiger partial charge in [0, 0.05) is 11.1 Å². The van der Waals surface area contributed by atoms with E-state index in [1.54, 1.807) is 13.2 Å². The van der Waals surface area contributed by atoms with Crippen LogP contribution in [0.2, 0.25) is 0 Å². The molecule has 0 unspecified atom stereocenters. The maximum atomic E-state index is 11.6. The van der Waals surface area contributed by atoms with Crippen LogP contribution in [0.3, 0.4) is 0 Å². The van der Waals surface area contributed by atoms with Crippen LogP contribution in [0.5, 0.6) is 0 Å². The lowest BCUT2D eigenvalue weighted by molar-refractivity contribution is 0.0519. The van der Waals surface area contributed by atoms with Crippen LogP contribution in [-0.2, 0) is 4.74 Å². The zero-order chi connectivity index (χ0) is 14.7. The summed E-state index contributed by atoms with van der Waals surface area (Å²) in [5.74, 6) is 0.564. The molecule has 2 heterocycles. The molecule has 106 valence electrons. The number of esters is 1. The molecule has 0 bridgehead atoms. The van der Waals surface area contributed by atoms with E-state index >= 15 is 0 Å². The summed E-state index contributed by atoms with van der Waals surface area (Å²) in [5.41, 5.74) is 1.75. The van der Waals surface area contributed by atoms with Crippen LogP contribution in [-0.4, -0.2) is 17.6 Å². The van der Waals surface area contributed by atoms with Gasteiger partial charge in [-0.1, -0.05) is 18.2 Å². The number of rotatable bonds is 4. The largest absolute Gasteiger partial charge is 0.464 e. The molecule has 2 aromatic heterocycles. The Labute approximate surface area is 121 Å². The number of hydrogen-bond acceptors (Lipinski definition) is 5. The first kappa shape index (κ1) is 13.2. The molecule has 21 heavy (non-hydrogen) atoms. The minimum absolute atomic E-state index is 0.154. The number of ether oxygens (including phenoxy) is 1. The molecule has 0 aliphatic rings. The number of aromatic nitrogens is 1. The van der Waals surface area contributed by atoms with E-state index in [1.807, 2.05) is 36.4 Å². The van der Waals surface area contributed by atoms with Crippen molar-refractivity contribution in [2.45, 2.75) is 6.92 Å². The quantitative estimate of drug-likeness (QED) is 0.682. The first-order valence-electron chi connectivity index (χ1n) is 6.55. The summed E-state index contributed by atoms with van der Waals surface area (Å²) in [7, 11) is 0. The molecule has 0 radical (unpaired) electrons. The van der Waals surface area contributed by atoms with Gasteiger partial charge in [-0.05, 0) is 25.1 Å². The highest BCUT2D eigenvalue weighted by atomic mass is 16.5. The van der Waals surface area contributed by atoms with Gasteiger partial charge in [-0.2, -0.15) is 0 Å². The molecule has 5 heteroatoms. The topological polar surface area (TPSA) is 65.5 Å². The predicted octanol–water partition coefficient (Wildman–Crippen LogP) is 3.78. The summed E-state index contributed by atoms with van der Waals surface area (Å²) >= 11 is 0. The maximum Gasteiger partial charge on any atom is 0.360 e. The van der Waals surface area contributed by atoms with E-state index in [0.717, 1.165) is 11.1 Å². The Balaban J connectivity index is 2.00. The van der Waals surface area contributed by atoms with Crippen LogP contribution in [0.25, 0.3) is 22.8 Å². The molecule has 0 amide bonds. The first-order chi connectivity index (χ1) is 10.3. The molecule has 3 aromatic rings. The molecule has 1 aromatic carbocycles. The molecule has 0 fully saturated rings. The number of carbonyl (C=O) groups excluding carboxylic acids is 1. The van der Waals surface area contributed by atoms with E-state index in [1.165, 1.54) is 6.26 Å². The lowest BCUT2D eigenvalue weighted by Crippen LogP contribution is -2.04. The van der Waals surface area contributed by atoms with Crippen LogP contribution in [0.4, 0.5) is 0 Å². The highest BCUT2D eigenvalue weighted by Crippen LogP contribution is 2.31. The van der Waals surface area contributed by atoms with Crippen molar-refractivity contribution < 1.29 is 18.4 Å². The van der Waals surface area contributed by atoms with Crippen molar-refractivity contribution in [3.05, 3.63) is 54.6 Å². The molecule has 5 nitrogen and oxygen atoms in total. The fourth-order valence-corrected chi connectivity index (χ4v) is 2.01. The summed E-state index contributed by atoms with van der Waals surface area (Å²) in [6.07, 6.45) is 2.90. The number of hydrogen-bond donors (Lipinski definition) is 0. The Morgan fingerprint density at radius 1 is 1.14 bits per heavy atom. The summed E-state index contributed by atoms with van der Waals surface area (Å²) < 4.78 is 15.7. The third-order valence-electron chi connectivity index (χ3n) is 2.93. The molecule has 0 atom stereocenters. The second-order valence-electron chi connectivity index (χ2n) is 4.28. The molecule has 0 saturated heterocycles. The normalized spacial score (nSPS) is 10.5. The van der Waals surface area contributed by atoms with Gasteiger partial charge in [0.1, 0.15) is 12.0 Å². The third kappa shape index (κ3) is 2.58. The van der Waals surface area contributed by atoms with Gasteiger partial charge in [-0.3, -0.25) is 0 Å². The van der Waals surface area contributed by atoms with Crippen molar-refractivity contribution in [1.82, 2.24) is 4.98 Å². The fraction of sp³-hybridized carbons (Fsp3) is 0.125. The minimum atomic E-state index is -0.497. The van der Waals surface area contributed by atoms with Gasteiger partial charge >= 0.3 is 5.97 Å². The molecule has 0 saturated carbocycles. The average molecular weight is 283 g/mol. The smallest absolute Gasteiger partial charge is 0.360 e. The van der Waals surface area contributed by atoms with Gasteiger partial charge in [0.05, 0.1) is 12.9 Å². The standard InChI is InChI=1S/C16H13NO4/c1-2-19-16(18)13-10-21-15(17-13)12-7-4-3-6-11(12)14-8-5-9-20-14/h3-10H,2H2,1H3. The van der Waals surface area contributed by atoms with E-state index in [0.29, 0.717) is 18.3 Å². The first-order valence-corrected chi connectivity index (χ1v) is 6.55. The zero-order valence-electron chi connectivity index (χ0n) is 11.4. The monoisotopic (exact) mass is 283 g/mol. The van der Waals surface area contributed by atoms with E-state index in [2.05, 4.69) is 4.98 Å². The van der Waals surface area contributed by atoms with Crippen molar-refractivity contribution in [3.63, 3.8) is 0 Å². The van der Waals surface area contributed by atoms with Crippen LogP contribution in [0.15, 0.2) is 57.8 Å². The van der Waals surface area contributed by atoms with Crippen molar-refractivity contribution >= 4 is 5.97 Å². The Bertz CT molecular complexity index is 743. The number of benzene rings is 1. The number of carbonyl (C=O) groups is 1. The Kier molecular flexibility index (Phi) is 3.55. The minimum Gasteiger partial charge on any atom is -0.464 e. The molecular weight excluding hydrogens is 270 g/mol. The molecule has 0 spiro atoms. The predicted molar refractivity (Wildman–Crippen MR) is 75.6 cm³/mol. The van der Waals surface area contributed by atoms with Crippen molar-refractivity contribution in [1.29, 1.82) is 0 Å². The average Bonchev–Trinajstić information content (AvgIpc) is 3.19. The van der Waals surface area contributed by atoms with E-state index in [4.69, 9.17) is 13.6 Å². The third-order valence-corrected chi connectivity index (χ3v) is 2.93. The summed E-state index contributed by atoms with van der Waals surface area (Å²) in [6, 6.07) is 11.2. The van der Waals surface area contributed by atoms with Gasteiger partial charge in [-0.25, -0.2) is 9.78 Å². The Hall–Kier alpha value is -2.82. The van der Waals surface area contributed by atoms with Crippen LogP contribution in [0, 0.1) is 0 Å². The second-order valence-corrected chi connectivity index (χ2v) is 4.28. The molecule has 0 N–H and O–H groups in total. The van der Waals surface area contributed by atoms with Crippen LogP contribution < -0.4 is 0 Å². The van der Waals surface area contributed by atoms with Crippen LogP contribution in [0.1, 0.15) is 17.4 Å². The lowest BCUT2D eigenvalue weighted by Gasteiger charge is -2.03. The number of furan rings is 1. The Morgan fingerprint density at radius 3 is 2.67 bits per heavy atom. The van der Waals surface area contributed by atoms with Crippen LogP contribution >= 0.6 is 0 Å². The summed E-state index contributed by atoms with van der Waals surface area (Å²) in [4.78, 5) is 15.8. The van der Waals surface area contributed by atoms with Gasteiger partial charge in [-0.15, -0.1) is 0 Å². The zero-order valence-corrected chi connectivity index (χ0v) is 11.4. The van der Waals surface area contributed by atoms with Crippen molar-refractivity contribution in [2.24, 2.45) is 0 Å². The maximum absolute atomic E-state index is 11.6. The summed E-state index contributed by atoms with van der Waals surface area (Å²) in [6.45, 7) is 2.04. The Morgan fingerprint density at radius 2 is 1.95 bits per heavy atom. The molecule has 3 rings (SSSR count). The lowest BCUT2D eigenvalue weighted by atomic mass is 10.1. The fourth-order valence-electron chi connectivity index (χ4n) is 2.01. The van der Waals surface area contributed by atoms with Gasteiger partial charge in [0.2, 0.25) is 5.89 Å². The number of nitrogens with zero attached hydrogens (tertiary/aromatic N) is 1. The van der Waals surface area contributed by atoms with Gasteiger partial charge in [0.25, 0.3) is 0 Å². The van der Waals surface area contributed by atoms with Gasteiger partial charge in [0.15, 0.2) is 5.69 Å². The highest BCUT2D eigenvalue weighted by molar-refractivity contribution is 5.88. The molecular formula is C16H13NO4. The van der Waals surface area contributed by atoms with E-state index < -0.39 is 5.97 Å². The van der Waals surface area contributed by atoms with Crippen molar-refractivity contribution in [2.75, 3.05) is 6.61 Å². The highest BCUT2D eigenvalue weighted by Gasteiger charge is 2.17. The van der Waals surface area contributed by atoms with E-state index in [-0.39, 0.29) is 5.69 Å². The summed E-state index contributed by atoms with van der Waals surface area (Å²) in [5, 5.41) is 0.